The van der Waals surface area contributed by atoms with Crippen LogP contribution in [0.25, 0.3) is 22.8 Å². The third kappa shape index (κ3) is 4.23. The van der Waals surface area contributed by atoms with Crippen LogP contribution in [0.1, 0.15) is 5.56 Å². The molecule has 30 heavy (non-hydrogen) atoms. The monoisotopic (exact) mass is 464 g/mol. The van der Waals surface area contributed by atoms with Gasteiger partial charge in [-0.05, 0) is 47.1 Å². The van der Waals surface area contributed by atoms with Crippen LogP contribution in [-0.4, -0.2) is 20.6 Å². The summed E-state index contributed by atoms with van der Waals surface area (Å²) in [6.07, 6.45) is 1.54. The number of pyridine rings is 1. The van der Waals surface area contributed by atoms with Crippen molar-refractivity contribution in [2.45, 2.75) is 13.5 Å². The van der Waals surface area contributed by atoms with Crippen molar-refractivity contribution in [3.05, 3.63) is 87.3 Å². The van der Waals surface area contributed by atoms with E-state index in [9.17, 15) is 9.59 Å². The van der Waals surface area contributed by atoms with E-state index in [0.29, 0.717) is 11.5 Å². The second kappa shape index (κ2) is 8.46. The third-order valence-electron chi connectivity index (χ3n) is 4.45. The first-order chi connectivity index (χ1) is 14.5. The lowest BCUT2D eigenvalue weighted by molar-refractivity contribution is -0.116. The number of benzene rings is 2. The lowest BCUT2D eigenvalue weighted by Gasteiger charge is -2.09. The van der Waals surface area contributed by atoms with Crippen LogP contribution < -0.4 is 10.9 Å². The summed E-state index contributed by atoms with van der Waals surface area (Å²) in [4.78, 5) is 29.6. The molecule has 0 aliphatic heterocycles. The van der Waals surface area contributed by atoms with Crippen molar-refractivity contribution in [3.63, 3.8) is 0 Å². The summed E-state index contributed by atoms with van der Waals surface area (Å²) in [6.45, 7) is 1.84. The van der Waals surface area contributed by atoms with Gasteiger partial charge in [0.15, 0.2) is 0 Å². The molecule has 2 heterocycles. The summed E-state index contributed by atoms with van der Waals surface area (Å²) in [5.41, 5.74) is 2.39. The number of hydrogen-bond donors (Lipinski definition) is 1. The average molecular weight is 465 g/mol. The van der Waals surface area contributed by atoms with Crippen LogP contribution in [0.15, 0.2) is 80.7 Å². The van der Waals surface area contributed by atoms with Crippen LogP contribution in [0.3, 0.4) is 0 Å². The Labute approximate surface area is 180 Å². The maximum atomic E-state index is 12.9. The molecule has 1 amide bonds. The number of anilines is 1. The molecule has 4 aromatic rings. The van der Waals surface area contributed by atoms with E-state index in [1.807, 2.05) is 49.4 Å². The molecule has 8 heteroatoms. The molecule has 0 saturated heterocycles. The van der Waals surface area contributed by atoms with Crippen LogP contribution >= 0.6 is 15.9 Å². The van der Waals surface area contributed by atoms with Crippen LogP contribution in [0.4, 0.5) is 5.69 Å². The molecule has 0 aliphatic rings. The summed E-state index contributed by atoms with van der Waals surface area (Å²) < 4.78 is 7.37. The molecule has 2 aromatic carbocycles. The molecule has 2 aromatic heterocycles. The minimum Gasteiger partial charge on any atom is -0.333 e. The highest BCUT2D eigenvalue weighted by Gasteiger charge is 2.16. The van der Waals surface area contributed by atoms with E-state index in [4.69, 9.17) is 4.52 Å². The van der Waals surface area contributed by atoms with Crippen LogP contribution in [0.2, 0.25) is 0 Å². The minimum absolute atomic E-state index is 0.108. The van der Waals surface area contributed by atoms with Gasteiger partial charge in [-0.15, -0.1) is 0 Å². The minimum atomic E-state index is -0.390. The summed E-state index contributed by atoms with van der Waals surface area (Å²) in [6, 6.07) is 18.2. The first-order valence-corrected chi connectivity index (χ1v) is 9.95. The number of para-hydroxylation sites is 1. The van der Waals surface area contributed by atoms with E-state index in [2.05, 4.69) is 31.4 Å². The van der Waals surface area contributed by atoms with Crippen molar-refractivity contribution in [1.82, 2.24) is 14.7 Å². The zero-order valence-corrected chi connectivity index (χ0v) is 17.6. The molecule has 0 saturated carbocycles. The van der Waals surface area contributed by atoms with Crippen molar-refractivity contribution < 1.29 is 9.32 Å². The number of carbonyl (C=O) groups excluding carboxylic acids is 1. The number of hydrogen-bond acceptors (Lipinski definition) is 5. The van der Waals surface area contributed by atoms with Gasteiger partial charge in [0.1, 0.15) is 12.1 Å². The van der Waals surface area contributed by atoms with Gasteiger partial charge in [0, 0.05) is 16.2 Å². The Morgan fingerprint density at radius 1 is 1.10 bits per heavy atom. The molecular formula is C22H17BrN4O3. The smallest absolute Gasteiger partial charge is 0.263 e. The number of rotatable bonds is 5. The quantitative estimate of drug-likeness (QED) is 0.476. The number of amides is 1. The van der Waals surface area contributed by atoms with Gasteiger partial charge in [0.05, 0.1) is 5.69 Å². The number of halogens is 1. The molecular weight excluding hydrogens is 448 g/mol. The number of nitrogens with zero attached hydrogens (tertiary/aromatic N) is 3. The maximum Gasteiger partial charge on any atom is 0.263 e. The molecule has 1 N–H and O–H groups in total. The Morgan fingerprint density at radius 3 is 2.63 bits per heavy atom. The zero-order chi connectivity index (χ0) is 21.1. The number of aromatic nitrogens is 3. The van der Waals surface area contributed by atoms with Gasteiger partial charge >= 0.3 is 0 Å². The summed E-state index contributed by atoms with van der Waals surface area (Å²) >= 11 is 3.38. The van der Waals surface area contributed by atoms with Gasteiger partial charge < -0.3 is 14.4 Å². The van der Waals surface area contributed by atoms with Crippen molar-refractivity contribution in [1.29, 1.82) is 0 Å². The van der Waals surface area contributed by atoms with E-state index in [1.165, 1.54) is 4.57 Å². The van der Waals surface area contributed by atoms with Crippen molar-refractivity contribution in [2.75, 3.05) is 5.32 Å². The highest BCUT2D eigenvalue weighted by molar-refractivity contribution is 9.10. The highest BCUT2D eigenvalue weighted by atomic mass is 79.9. The molecule has 7 nitrogen and oxygen atoms in total. The molecule has 0 radical (unpaired) electrons. The van der Waals surface area contributed by atoms with Crippen LogP contribution in [0, 0.1) is 6.92 Å². The topological polar surface area (TPSA) is 90.0 Å². The largest absolute Gasteiger partial charge is 0.333 e. The first-order valence-electron chi connectivity index (χ1n) is 9.16. The zero-order valence-electron chi connectivity index (χ0n) is 16.0. The second-order valence-corrected chi connectivity index (χ2v) is 7.53. The molecule has 0 fully saturated rings. The molecule has 150 valence electrons. The van der Waals surface area contributed by atoms with E-state index in [-0.39, 0.29) is 29.5 Å². The van der Waals surface area contributed by atoms with E-state index < -0.39 is 0 Å². The average Bonchev–Trinajstić information content (AvgIpc) is 3.22. The predicted octanol–water partition coefficient (Wildman–Crippen LogP) is 4.27. The van der Waals surface area contributed by atoms with Gasteiger partial charge in [-0.3, -0.25) is 9.59 Å². The Balaban J connectivity index is 1.56. The Hall–Kier alpha value is -3.52. The standard InChI is InChI=1S/C22H17BrN4O3/c1-14-8-10-15(11-9-14)20-25-21(30-26-20)16-5-4-12-27(22(16)29)13-19(28)24-18-7-3-2-6-17(18)23/h2-12H,13H2,1H3,(H,24,28). The molecule has 0 bridgehead atoms. The van der Waals surface area contributed by atoms with Gasteiger partial charge in [-0.1, -0.05) is 47.1 Å². The van der Waals surface area contributed by atoms with Gasteiger partial charge in [0.2, 0.25) is 11.7 Å². The number of aryl methyl sites for hydroxylation is 1. The predicted molar refractivity (Wildman–Crippen MR) is 117 cm³/mol. The van der Waals surface area contributed by atoms with Crippen LogP contribution in [0.5, 0.6) is 0 Å². The fourth-order valence-corrected chi connectivity index (χ4v) is 3.27. The Morgan fingerprint density at radius 2 is 1.87 bits per heavy atom. The third-order valence-corrected chi connectivity index (χ3v) is 5.14. The number of carbonyl (C=O) groups is 1. The lowest BCUT2D eigenvalue weighted by Crippen LogP contribution is -2.28. The SMILES string of the molecule is Cc1ccc(-c2noc(-c3cccn(CC(=O)Nc4ccccc4Br)c3=O)n2)cc1. The van der Waals surface area contributed by atoms with E-state index >= 15 is 0 Å². The van der Waals surface area contributed by atoms with Crippen molar-refractivity contribution in [2.24, 2.45) is 0 Å². The summed E-state index contributed by atoms with van der Waals surface area (Å²) in [5, 5.41) is 6.75. The number of nitrogens with one attached hydrogen (secondary N) is 1. The molecule has 0 aliphatic carbocycles. The Kier molecular flexibility index (Phi) is 5.58. The Bertz CT molecular complexity index is 1260. The van der Waals surface area contributed by atoms with Gasteiger partial charge in [-0.2, -0.15) is 4.98 Å². The van der Waals surface area contributed by atoms with Gasteiger partial charge in [0.25, 0.3) is 11.4 Å². The van der Waals surface area contributed by atoms with E-state index in [0.717, 1.165) is 15.6 Å². The lowest BCUT2D eigenvalue weighted by atomic mass is 10.1. The van der Waals surface area contributed by atoms with Crippen molar-refractivity contribution in [3.8, 4) is 22.8 Å². The van der Waals surface area contributed by atoms with Crippen LogP contribution in [-0.2, 0) is 11.3 Å². The maximum absolute atomic E-state index is 12.9. The van der Waals surface area contributed by atoms with Crippen molar-refractivity contribution >= 4 is 27.5 Å². The normalized spacial score (nSPS) is 10.7. The molecule has 0 spiro atoms. The van der Waals surface area contributed by atoms with Gasteiger partial charge in [-0.25, -0.2) is 0 Å². The summed E-state index contributed by atoms with van der Waals surface area (Å²) in [7, 11) is 0. The highest BCUT2D eigenvalue weighted by Crippen LogP contribution is 2.22. The molecule has 0 unspecified atom stereocenters. The first kappa shape index (κ1) is 19.8. The summed E-state index contributed by atoms with van der Waals surface area (Å²) in [5.74, 6) is 0.176. The molecule has 0 atom stereocenters. The molecule has 4 rings (SSSR count). The fraction of sp³-hybridized carbons (Fsp3) is 0.0909. The van der Waals surface area contributed by atoms with E-state index in [1.54, 1.807) is 24.4 Å². The second-order valence-electron chi connectivity index (χ2n) is 6.67. The fourth-order valence-electron chi connectivity index (χ4n) is 2.88.